The smallest absolute Gasteiger partial charge is 0.229 e. The summed E-state index contributed by atoms with van der Waals surface area (Å²) in [5.41, 5.74) is 0. The lowest BCUT2D eigenvalue weighted by atomic mass is 9.98. The molecule has 0 aliphatic heterocycles. The molecular weight excluding hydrogens is 350 g/mol. The Morgan fingerprint density at radius 3 is 0.952 bits per heavy atom. The van der Waals surface area contributed by atoms with Crippen LogP contribution in [0.3, 0.4) is 0 Å². The van der Waals surface area contributed by atoms with Crippen LogP contribution < -0.4 is 0 Å². The summed E-state index contributed by atoms with van der Waals surface area (Å²) in [4.78, 5) is 0. The SMILES string of the molecule is F[C]([C](F)C(F)(F)C(F)(F)C(F)(F)F)C(F)(F)C(F)(F)F. The molecule has 0 unspecified atom stereocenters. The molecule has 14 heteroatoms. The maximum Gasteiger partial charge on any atom is 0.460 e. The van der Waals surface area contributed by atoms with Gasteiger partial charge in [0, 0.05) is 0 Å². The third kappa shape index (κ3) is 3.12. The molecule has 0 aliphatic rings. The highest BCUT2D eigenvalue weighted by Crippen LogP contribution is 2.57. The van der Waals surface area contributed by atoms with Gasteiger partial charge in [0.2, 0.25) is 0 Å². The molecule has 0 aromatic carbocycles. The number of halogens is 14. The van der Waals surface area contributed by atoms with Crippen molar-refractivity contribution in [1.29, 1.82) is 0 Å². The molecular formula is C7F14. The van der Waals surface area contributed by atoms with Crippen LogP contribution in [0.15, 0.2) is 0 Å². The molecule has 2 radical (unpaired) electrons. The van der Waals surface area contributed by atoms with E-state index in [0.29, 0.717) is 0 Å². The minimum absolute atomic E-state index is 4.80. The number of hydrogen-bond donors (Lipinski definition) is 0. The Morgan fingerprint density at radius 2 is 0.714 bits per heavy atom. The first kappa shape index (κ1) is 20.0. The molecule has 0 aromatic rings. The summed E-state index contributed by atoms with van der Waals surface area (Å²) in [7, 11) is 0. The van der Waals surface area contributed by atoms with Crippen LogP contribution >= 0.6 is 0 Å². The van der Waals surface area contributed by atoms with Gasteiger partial charge in [-0.3, -0.25) is 0 Å². The van der Waals surface area contributed by atoms with Crippen molar-refractivity contribution in [3.63, 3.8) is 0 Å². The molecule has 0 aliphatic carbocycles. The van der Waals surface area contributed by atoms with Gasteiger partial charge in [-0.25, -0.2) is 8.78 Å². The van der Waals surface area contributed by atoms with E-state index in [4.69, 9.17) is 0 Å². The van der Waals surface area contributed by atoms with Crippen molar-refractivity contribution in [2.24, 2.45) is 0 Å². The Balaban J connectivity index is 5.67. The molecule has 0 fully saturated rings. The van der Waals surface area contributed by atoms with Gasteiger partial charge in [-0.2, -0.15) is 52.7 Å². The second-order valence-electron chi connectivity index (χ2n) is 3.35. The fourth-order valence-electron chi connectivity index (χ4n) is 0.716. The van der Waals surface area contributed by atoms with E-state index in [1.807, 2.05) is 0 Å². The topological polar surface area (TPSA) is 0 Å². The van der Waals surface area contributed by atoms with Crippen LogP contribution in [-0.2, 0) is 0 Å². The Labute approximate surface area is 105 Å². The van der Waals surface area contributed by atoms with Gasteiger partial charge in [0.05, 0.1) is 0 Å². The van der Waals surface area contributed by atoms with Gasteiger partial charge in [-0.05, 0) is 0 Å². The van der Waals surface area contributed by atoms with Gasteiger partial charge in [-0.1, -0.05) is 0 Å². The van der Waals surface area contributed by atoms with Gasteiger partial charge >= 0.3 is 30.1 Å². The van der Waals surface area contributed by atoms with E-state index in [2.05, 4.69) is 0 Å². The van der Waals surface area contributed by atoms with E-state index < -0.39 is 42.5 Å². The third-order valence-electron chi connectivity index (χ3n) is 1.85. The van der Waals surface area contributed by atoms with Crippen LogP contribution in [0.1, 0.15) is 0 Å². The van der Waals surface area contributed by atoms with E-state index in [1.54, 1.807) is 0 Å². The predicted octanol–water partition coefficient (Wildman–Crippen LogP) is 5.02. The first-order valence-electron chi connectivity index (χ1n) is 4.15. The molecule has 126 valence electrons. The summed E-state index contributed by atoms with van der Waals surface area (Å²) in [6, 6.07) is 0. The summed E-state index contributed by atoms with van der Waals surface area (Å²) in [5, 5.41) is 0. The number of alkyl halides is 12. The highest BCUT2D eigenvalue weighted by Gasteiger charge is 2.81. The molecule has 0 saturated carbocycles. The average Bonchev–Trinajstić information content (AvgIpc) is 2.23. The zero-order valence-corrected chi connectivity index (χ0v) is 8.79. The Bertz CT molecular complexity index is 360. The first-order chi connectivity index (χ1) is 8.82. The molecule has 0 nitrogen and oxygen atoms in total. The maximum absolute atomic E-state index is 12.4. The van der Waals surface area contributed by atoms with Gasteiger partial charge in [0.25, 0.3) is 12.3 Å². The van der Waals surface area contributed by atoms with Crippen molar-refractivity contribution < 1.29 is 61.5 Å². The van der Waals surface area contributed by atoms with E-state index in [9.17, 15) is 61.5 Å². The fourth-order valence-corrected chi connectivity index (χ4v) is 0.716. The van der Waals surface area contributed by atoms with Gasteiger partial charge in [-0.15, -0.1) is 0 Å². The minimum Gasteiger partial charge on any atom is -0.229 e. The van der Waals surface area contributed by atoms with Crippen LogP contribution in [0.2, 0.25) is 0 Å². The highest BCUT2D eigenvalue weighted by molar-refractivity contribution is 5.23. The molecule has 0 atom stereocenters. The lowest BCUT2D eigenvalue weighted by Gasteiger charge is -2.32. The normalized spacial score (nSPS) is 16.0. The quantitative estimate of drug-likeness (QED) is 0.625. The van der Waals surface area contributed by atoms with Crippen LogP contribution in [0, 0.1) is 12.3 Å². The van der Waals surface area contributed by atoms with Gasteiger partial charge in [0.15, 0.2) is 0 Å². The Kier molecular flexibility index (Phi) is 4.80. The van der Waals surface area contributed by atoms with E-state index in [1.165, 1.54) is 0 Å². The van der Waals surface area contributed by atoms with Crippen molar-refractivity contribution >= 4 is 0 Å². The average molecular weight is 350 g/mol. The zero-order valence-electron chi connectivity index (χ0n) is 8.79. The fraction of sp³-hybridized carbons (Fsp3) is 0.714. The van der Waals surface area contributed by atoms with E-state index in [0.717, 1.165) is 0 Å². The van der Waals surface area contributed by atoms with Crippen LogP contribution in [0.25, 0.3) is 0 Å². The monoisotopic (exact) mass is 350 g/mol. The second-order valence-corrected chi connectivity index (χ2v) is 3.35. The Morgan fingerprint density at radius 1 is 0.429 bits per heavy atom. The van der Waals surface area contributed by atoms with Crippen LogP contribution in [0.4, 0.5) is 61.5 Å². The minimum atomic E-state index is -7.43. The molecule has 0 N–H and O–H groups in total. The van der Waals surface area contributed by atoms with Crippen molar-refractivity contribution in [1.82, 2.24) is 0 Å². The standard InChI is InChI=1S/C7F14/c8-1(2(9)4(12,13)6(16,17)18)3(10,11)5(14,15)7(19,20)21. The van der Waals surface area contributed by atoms with Gasteiger partial charge < -0.3 is 0 Å². The molecule has 21 heavy (non-hydrogen) atoms. The van der Waals surface area contributed by atoms with Crippen molar-refractivity contribution in [2.45, 2.75) is 30.1 Å². The summed E-state index contributed by atoms with van der Waals surface area (Å²) < 4.78 is 167. The summed E-state index contributed by atoms with van der Waals surface area (Å²) in [6.45, 7) is 0. The summed E-state index contributed by atoms with van der Waals surface area (Å²) >= 11 is 0. The zero-order chi connectivity index (χ0) is 17.7. The number of rotatable bonds is 4. The molecule has 0 spiro atoms. The van der Waals surface area contributed by atoms with Gasteiger partial charge in [0.1, 0.15) is 0 Å². The molecule has 0 bridgehead atoms. The second kappa shape index (κ2) is 5.04. The van der Waals surface area contributed by atoms with Crippen LogP contribution in [0.5, 0.6) is 0 Å². The van der Waals surface area contributed by atoms with Crippen molar-refractivity contribution in [3.05, 3.63) is 12.3 Å². The lowest BCUT2D eigenvalue weighted by molar-refractivity contribution is -0.358. The summed E-state index contributed by atoms with van der Waals surface area (Å²) in [5.74, 6) is -21.8. The first-order valence-corrected chi connectivity index (χ1v) is 4.15. The van der Waals surface area contributed by atoms with Crippen LogP contribution in [-0.4, -0.2) is 30.1 Å². The van der Waals surface area contributed by atoms with Crippen molar-refractivity contribution in [3.8, 4) is 0 Å². The predicted molar refractivity (Wildman–Crippen MR) is 35.7 cm³/mol. The van der Waals surface area contributed by atoms with Crippen molar-refractivity contribution in [2.75, 3.05) is 0 Å². The molecule has 0 rings (SSSR count). The number of hydrogen-bond acceptors (Lipinski definition) is 0. The summed E-state index contributed by atoms with van der Waals surface area (Å²) in [6.07, 6.45) is -24.0. The van der Waals surface area contributed by atoms with E-state index >= 15 is 0 Å². The molecule has 0 amide bonds. The van der Waals surface area contributed by atoms with E-state index in [-0.39, 0.29) is 0 Å². The molecule has 0 saturated heterocycles. The Hall–Kier alpha value is -0.980. The third-order valence-corrected chi connectivity index (χ3v) is 1.85. The molecule has 0 aromatic heterocycles. The lowest BCUT2D eigenvalue weighted by Crippen LogP contribution is -2.57. The maximum atomic E-state index is 12.4. The molecule has 0 heterocycles. The largest absolute Gasteiger partial charge is 0.460 e. The highest BCUT2D eigenvalue weighted by atomic mass is 19.4.